The second-order valence-corrected chi connectivity index (χ2v) is 4.29. The van der Waals surface area contributed by atoms with E-state index in [1.54, 1.807) is 18.2 Å². The van der Waals surface area contributed by atoms with Gasteiger partial charge in [0.25, 0.3) is 11.7 Å². The van der Waals surface area contributed by atoms with E-state index in [1.165, 1.54) is 6.20 Å². The van der Waals surface area contributed by atoms with Crippen LogP contribution in [0, 0.1) is 11.6 Å². The smallest absolute Gasteiger partial charge is 0.296 e. The molecule has 1 aromatic heterocycles. The molecule has 0 saturated carbocycles. The van der Waals surface area contributed by atoms with Crippen molar-refractivity contribution in [1.82, 2.24) is 4.98 Å². The van der Waals surface area contributed by atoms with Crippen molar-refractivity contribution in [3.8, 4) is 0 Å². The van der Waals surface area contributed by atoms with E-state index in [1.807, 2.05) is 0 Å². The molecule has 1 amide bonds. The van der Waals surface area contributed by atoms with Crippen LogP contribution in [0.2, 0.25) is 0 Å². The molecular formula is C14H8F2N2O2. The third-order valence-electron chi connectivity index (χ3n) is 3.06. The van der Waals surface area contributed by atoms with Crippen LogP contribution in [-0.2, 0) is 11.3 Å². The number of rotatable bonds is 2. The molecule has 2 aromatic rings. The number of anilines is 1. The summed E-state index contributed by atoms with van der Waals surface area (Å²) in [7, 11) is 0. The molecule has 0 saturated heterocycles. The Morgan fingerprint density at radius 1 is 1.05 bits per heavy atom. The Morgan fingerprint density at radius 2 is 1.80 bits per heavy atom. The SMILES string of the molecule is O=C1C(=O)N(Cc2ccccn2)c2c(F)ccc(F)c21. The average Bonchev–Trinajstić information content (AvgIpc) is 2.70. The van der Waals surface area contributed by atoms with Crippen molar-refractivity contribution in [2.45, 2.75) is 6.54 Å². The fourth-order valence-corrected chi connectivity index (χ4v) is 2.16. The van der Waals surface area contributed by atoms with Crippen molar-refractivity contribution in [1.29, 1.82) is 0 Å². The van der Waals surface area contributed by atoms with Crippen LogP contribution in [0.5, 0.6) is 0 Å². The van der Waals surface area contributed by atoms with E-state index in [0.717, 1.165) is 17.0 Å². The van der Waals surface area contributed by atoms with Gasteiger partial charge in [-0.05, 0) is 24.3 Å². The number of Topliss-reactive ketones (excluding diaryl/α,β-unsaturated/α-hetero) is 1. The number of hydrogen-bond donors (Lipinski definition) is 0. The second kappa shape index (κ2) is 4.48. The van der Waals surface area contributed by atoms with Crippen molar-refractivity contribution in [2.24, 2.45) is 0 Å². The first-order valence-electron chi connectivity index (χ1n) is 5.83. The Hall–Kier alpha value is -2.63. The van der Waals surface area contributed by atoms with Crippen molar-refractivity contribution < 1.29 is 18.4 Å². The molecule has 0 unspecified atom stereocenters. The summed E-state index contributed by atoms with van der Waals surface area (Å²) in [4.78, 5) is 28.6. The minimum absolute atomic E-state index is 0.0845. The van der Waals surface area contributed by atoms with Gasteiger partial charge in [0.05, 0.1) is 23.5 Å². The highest BCUT2D eigenvalue weighted by Crippen LogP contribution is 2.34. The number of nitrogens with zero attached hydrogens (tertiary/aromatic N) is 2. The maximum atomic E-state index is 13.8. The van der Waals surface area contributed by atoms with Crippen LogP contribution >= 0.6 is 0 Å². The Kier molecular flexibility index (Phi) is 2.78. The summed E-state index contributed by atoms with van der Waals surface area (Å²) in [5, 5.41) is 0. The van der Waals surface area contributed by atoms with Gasteiger partial charge >= 0.3 is 0 Å². The Balaban J connectivity index is 2.09. The molecule has 0 aliphatic carbocycles. The van der Waals surface area contributed by atoms with E-state index < -0.39 is 28.9 Å². The summed E-state index contributed by atoms with van der Waals surface area (Å²) in [6.07, 6.45) is 1.51. The topological polar surface area (TPSA) is 50.3 Å². The van der Waals surface area contributed by atoms with E-state index in [4.69, 9.17) is 0 Å². The van der Waals surface area contributed by atoms with Crippen molar-refractivity contribution in [3.63, 3.8) is 0 Å². The summed E-state index contributed by atoms with van der Waals surface area (Å²) in [6.45, 7) is -0.0845. The average molecular weight is 274 g/mol. The summed E-state index contributed by atoms with van der Waals surface area (Å²) < 4.78 is 27.5. The normalized spacial score (nSPS) is 13.8. The van der Waals surface area contributed by atoms with Gasteiger partial charge in [0.2, 0.25) is 0 Å². The van der Waals surface area contributed by atoms with Crippen LogP contribution in [0.25, 0.3) is 0 Å². The number of hydrogen-bond acceptors (Lipinski definition) is 3. The zero-order valence-corrected chi connectivity index (χ0v) is 10.1. The van der Waals surface area contributed by atoms with Crippen LogP contribution in [0.3, 0.4) is 0 Å². The minimum Gasteiger partial charge on any atom is -0.296 e. The van der Waals surface area contributed by atoms with Gasteiger partial charge in [-0.25, -0.2) is 8.78 Å². The first kappa shape index (κ1) is 12.4. The lowest BCUT2D eigenvalue weighted by molar-refractivity contribution is -0.114. The monoisotopic (exact) mass is 274 g/mol. The molecule has 100 valence electrons. The van der Waals surface area contributed by atoms with Gasteiger partial charge in [-0.2, -0.15) is 0 Å². The number of fused-ring (bicyclic) bond motifs is 1. The lowest BCUT2D eigenvalue weighted by Gasteiger charge is -2.16. The van der Waals surface area contributed by atoms with Crippen molar-refractivity contribution in [3.05, 3.63) is 59.4 Å². The molecule has 0 N–H and O–H groups in total. The van der Waals surface area contributed by atoms with E-state index in [2.05, 4.69) is 4.98 Å². The van der Waals surface area contributed by atoms with E-state index in [9.17, 15) is 18.4 Å². The molecular weight excluding hydrogens is 266 g/mol. The van der Waals surface area contributed by atoms with Gasteiger partial charge in [-0.1, -0.05) is 6.07 Å². The zero-order chi connectivity index (χ0) is 14.3. The summed E-state index contributed by atoms with van der Waals surface area (Å²) in [5.74, 6) is -3.69. The second-order valence-electron chi connectivity index (χ2n) is 4.29. The van der Waals surface area contributed by atoms with E-state index in [0.29, 0.717) is 5.69 Å². The molecule has 1 aliphatic heterocycles. The number of carbonyl (C=O) groups is 2. The number of benzene rings is 1. The largest absolute Gasteiger partial charge is 0.300 e. The van der Waals surface area contributed by atoms with Gasteiger partial charge in [0.1, 0.15) is 11.6 Å². The molecule has 0 spiro atoms. The zero-order valence-electron chi connectivity index (χ0n) is 10.1. The first-order chi connectivity index (χ1) is 9.59. The highest BCUT2D eigenvalue weighted by molar-refractivity contribution is 6.52. The maximum absolute atomic E-state index is 13.8. The van der Waals surface area contributed by atoms with Gasteiger partial charge in [-0.15, -0.1) is 0 Å². The first-order valence-corrected chi connectivity index (χ1v) is 5.83. The van der Waals surface area contributed by atoms with Gasteiger partial charge in [-0.3, -0.25) is 19.5 Å². The highest BCUT2D eigenvalue weighted by atomic mass is 19.1. The third kappa shape index (κ3) is 1.77. The van der Waals surface area contributed by atoms with Gasteiger partial charge in [0, 0.05) is 6.20 Å². The number of amides is 1. The van der Waals surface area contributed by atoms with E-state index >= 15 is 0 Å². The van der Waals surface area contributed by atoms with Gasteiger partial charge in [0.15, 0.2) is 0 Å². The van der Waals surface area contributed by atoms with Crippen LogP contribution in [0.1, 0.15) is 16.1 Å². The molecule has 0 fully saturated rings. The molecule has 0 bridgehead atoms. The number of pyridine rings is 1. The molecule has 1 aromatic carbocycles. The van der Waals surface area contributed by atoms with Crippen molar-refractivity contribution in [2.75, 3.05) is 4.90 Å². The molecule has 3 rings (SSSR count). The Labute approximate surface area is 112 Å². The number of aromatic nitrogens is 1. The molecule has 0 atom stereocenters. The number of ketones is 1. The molecule has 1 aliphatic rings. The van der Waals surface area contributed by atoms with Crippen molar-refractivity contribution >= 4 is 17.4 Å². The summed E-state index contributed by atoms with van der Waals surface area (Å²) in [6, 6.07) is 6.75. The molecule has 20 heavy (non-hydrogen) atoms. The Morgan fingerprint density at radius 3 is 2.50 bits per heavy atom. The molecule has 4 nitrogen and oxygen atoms in total. The Bertz CT molecular complexity index is 717. The quantitative estimate of drug-likeness (QED) is 0.788. The number of halogens is 2. The third-order valence-corrected chi connectivity index (χ3v) is 3.06. The molecule has 2 heterocycles. The highest BCUT2D eigenvalue weighted by Gasteiger charge is 2.40. The standard InChI is InChI=1S/C14H8F2N2O2/c15-9-4-5-10(16)12-11(9)13(19)14(20)18(12)7-8-3-1-2-6-17-8/h1-6H,7H2. The minimum atomic E-state index is -1.03. The predicted octanol–water partition coefficient (Wildman–Crippen LogP) is 2.09. The van der Waals surface area contributed by atoms with E-state index in [-0.39, 0.29) is 12.2 Å². The van der Waals surface area contributed by atoms with Crippen LogP contribution < -0.4 is 4.90 Å². The predicted molar refractivity (Wildman–Crippen MR) is 66.1 cm³/mol. The molecule has 6 heteroatoms. The number of carbonyl (C=O) groups excluding carboxylic acids is 2. The van der Waals surface area contributed by atoms with Gasteiger partial charge < -0.3 is 0 Å². The van der Waals surface area contributed by atoms with Crippen LogP contribution in [0.4, 0.5) is 14.5 Å². The maximum Gasteiger partial charge on any atom is 0.300 e. The summed E-state index contributed by atoms with van der Waals surface area (Å²) in [5.41, 5.74) is -0.346. The lowest BCUT2D eigenvalue weighted by Crippen LogP contribution is -2.29. The van der Waals surface area contributed by atoms with Crippen LogP contribution in [-0.4, -0.2) is 16.7 Å². The molecule has 0 radical (unpaired) electrons. The van der Waals surface area contributed by atoms with Crippen LogP contribution in [0.15, 0.2) is 36.5 Å². The lowest BCUT2D eigenvalue weighted by atomic mass is 10.1. The fourth-order valence-electron chi connectivity index (χ4n) is 2.16. The fraction of sp³-hybridized carbons (Fsp3) is 0.0714. The summed E-state index contributed by atoms with van der Waals surface area (Å²) >= 11 is 0.